The van der Waals surface area contributed by atoms with Gasteiger partial charge in [-0.05, 0) is 41.3 Å². The van der Waals surface area contributed by atoms with Gasteiger partial charge in [0, 0.05) is 30.2 Å². The molecule has 2 aromatic carbocycles. The van der Waals surface area contributed by atoms with Crippen LogP contribution in [0.25, 0.3) is 0 Å². The van der Waals surface area contributed by atoms with Gasteiger partial charge in [-0.25, -0.2) is 4.39 Å². The van der Waals surface area contributed by atoms with Crippen LogP contribution in [0, 0.1) is 5.82 Å². The van der Waals surface area contributed by atoms with Crippen LogP contribution in [0.1, 0.15) is 36.8 Å². The highest BCUT2D eigenvalue weighted by molar-refractivity contribution is 8.00. The lowest BCUT2D eigenvalue weighted by Gasteiger charge is -2.13. The third-order valence-electron chi connectivity index (χ3n) is 4.55. The Morgan fingerprint density at radius 1 is 1.06 bits per heavy atom. The maximum Gasteiger partial charge on any atom is 0.226 e. The minimum absolute atomic E-state index is 0.0403. The van der Waals surface area contributed by atoms with Crippen LogP contribution in [-0.2, 0) is 15.3 Å². The molecule has 0 saturated heterocycles. The fraction of sp³-hybridized carbons (Fsp3) is 0.273. The number of hydrogen-bond donors (Lipinski definition) is 2. The smallest absolute Gasteiger partial charge is 0.226 e. The van der Waals surface area contributed by atoms with Crippen molar-refractivity contribution in [2.24, 2.45) is 0 Å². The number of nitrogens with one attached hydrogen (secondary N) is 2. The molecule has 32 heavy (non-hydrogen) atoms. The number of benzene rings is 2. The van der Waals surface area contributed by atoms with E-state index in [2.05, 4.69) is 20.8 Å². The highest BCUT2D eigenvalue weighted by Gasteiger charge is 2.12. The molecule has 0 spiro atoms. The zero-order chi connectivity index (χ0) is 22.9. The van der Waals surface area contributed by atoms with Gasteiger partial charge in [0.15, 0.2) is 4.34 Å². The SMILES string of the molecule is CC(CNC(=O)CCC(=O)Nc1nnc(SCc2ccc(Cl)cc2)s1)c1ccc(F)cc1. The first-order valence-electron chi connectivity index (χ1n) is 9.92. The second kappa shape index (κ2) is 11.9. The van der Waals surface area contributed by atoms with Gasteiger partial charge in [0.1, 0.15) is 5.82 Å². The summed E-state index contributed by atoms with van der Waals surface area (Å²) in [6, 6.07) is 13.8. The lowest BCUT2D eigenvalue weighted by Crippen LogP contribution is -2.28. The number of carbonyl (C=O) groups excluding carboxylic acids is 2. The molecule has 0 aliphatic carbocycles. The average Bonchev–Trinajstić information content (AvgIpc) is 3.23. The van der Waals surface area contributed by atoms with E-state index in [-0.39, 0.29) is 36.4 Å². The summed E-state index contributed by atoms with van der Waals surface area (Å²) in [6.07, 6.45) is 0.114. The van der Waals surface area contributed by atoms with Crippen LogP contribution < -0.4 is 10.6 Å². The van der Waals surface area contributed by atoms with Gasteiger partial charge in [0.05, 0.1) is 0 Å². The van der Waals surface area contributed by atoms with Crippen molar-refractivity contribution in [3.05, 3.63) is 70.5 Å². The van der Waals surface area contributed by atoms with Crippen LogP contribution in [0.3, 0.4) is 0 Å². The van der Waals surface area contributed by atoms with E-state index >= 15 is 0 Å². The van der Waals surface area contributed by atoms with Gasteiger partial charge in [0.25, 0.3) is 0 Å². The first-order valence-corrected chi connectivity index (χ1v) is 12.1. The molecule has 0 saturated carbocycles. The van der Waals surface area contributed by atoms with Gasteiger partial charge in [-0.1, -0.05) is 65.9 Å². The Labute approximate surface area is 199 Å². The molecule has 3 aromatic rings. The predicted octanol–water partition coefficient (Wildman–Crippen LogP) is 5.26. The number of amides is 2. The molecule has 0 bridgehead atoms. The second-order valence-corrected chi connectivity index (χ2v) is 9.73. The van der Waals surface area contributed by atoms with Crippen LogP contribution in [0.15, 0.2) is 52.9 Å². The molecule has 0 aliphatic rings. The van der Waals surface area contributed by atoms with E-state index in [9.17, 15) is 14.0 Å². The quantitative estimate of drug-likeness (QED) is 0.298. The van der Waals surface area contributed by atoms with Crippen LogP contribution in [-0.4, -0.2) is 28.6 Å². The van der Waals surface area contributed by atoms with Crippen molar-refractivity contribution in [1.82, 2.24) is 15.5 Å². The molecule has 0 radical (unpaired) electrons. The normalized spacial score (nSPS) is 11.7. The van der Waals surface area contributed by atoms with E-state index in [0.29, 0.717) is 16.7 Å². The summed E-state index contributed by atoms with van der Waals surface area (Å²) in [5, 5.41) is 14.6. The molecular formula is C22H22ClFN4O2S2. The van der Waals surface area contributed by atoms with Crippen molar-refractivity contribution in [1.29, 1.82) is 0 Å². The number of aromatic nitrogens is 2. The summed E-state index contributed by atoms with van der Waals surface area (Å²) in [5.41, 5.74) is 2.05. The van der Waals surface area contributed by atoms with Crippen molar-refractivity contribution in [3.8, 4) is 0 Å². The van der Waals surface area contributed by atoms with E-state index in [1.54, 1.807) is 12.1 Å². The maximum absolute atomic E-state index is 13.0. The number of hydrogen-bond acceptors (Lipinski definition) is 6. The van der Waals surface area contributed by atoms with Gasteiger partial charge in [-0.2, -0.15) is 0 Å². The summed E-state index contributed by atoms with van der Waals surface area (Å²) in [4.78, 5) is 24.2. The predicted molar refractivity (Wildman–Crippen MR) is 127 cm³/mol. The molecule has 2 amide bonds. The zero-order valence-corrected chi connectivity index (χ0v) is 19.7. The average molecular weight is 493 g/mol. The number of halogens is 2. The number of rotatable bonds is 10. The first kappa shape index (κ1) is 24.2. The summed E-state index contributed by atoms with van der Waals surface area (Å²) < 4.78 is 13.7. The van der Waals surface area contributed by atoms with Crippen molar-refractivity contribution in [2.75, 3.05) is 11.9 Å². The van der Waals surface area contributed by atoms with E-state index in [1.165, 1.54) is 35.2 Å². The Balaban J connectivity index is 1.35. The first-order chi connectivity index (χ1) is 15.4. The highest BCUT2D eigenvalue weighted by atomic mass is 35.5. The highest BCUT2D eigenvalue weighted by Crippen LogP contribution is 2.28. The lowest BCUT2D eigenvalue weighted by molar-refractivity contribution is -0.124. The molecule has 1 atom stereocenters. The number of carbonyl (C=O) groups is 2. The Kier molecular flexibility index (Phi) is 9.01. The number of nitrogens with zero attached hydrogens (tertiary/aromatic N) is 2. The minimum atomic E-state index is -0.294. The van der Waals surface area contributed by atoms with E-state index in [4.69, 9.17) is 11.6 Å². The number of anilines is 1. The largest absolute Gasteiger partial charge is 0.355 e. The molecule has 1 unspecified atom stereocenters. The fourth-order valence-corrected chi connectivity index (χ4v) is 4.57. The molecule has 1 heterocycles. The van der Waals surface area contributed by atoms with E-state index < -0.39 is 0 Å². The van der Waals surface area contributed by atoms with Gasteiger partial charge in [0.2, 0.25) is 16.9 Å². The van der Waals surface area contributed by atoms with Crippen molar-refractivity contribution < 1.29 is 14.0 Å². The molecule has 0 fully saturated rings. The van der Waals surface area contributed by atoms with Gasteiger partial charge >= 0.3 is 0 Å². The van der Waals surface area contributed by atoms with Crippen LogP contribution in [0.4, 0.5) is 9.52 Å². The summed E-state index contributed by atoms with van der Waals surface area (Å²) in [5.74, 6) is -0.0454. The summed E-state index contributed by atoms with van der Waals surface area (Å²) >= 11 is 8.69. The molecule has 6 nitrogen and oxygen atoms in total. The molecule has 2 N–H and O–H groups in total. The van der Waals surface area contributed by atoms with Crippen molar-refractivity contribution >= 4 is 51.6 Å². The Hall–Kier alpha value is -2.49. The summed E-state index contributed by atoms with van der Waals surface area (Å²) in [7, 11) is 0. The Morgan fingerprint density at radius 2 is 1.75 bits per heavy atom. The molecule has 168 valence electrons. The maximum atomic E-state index is 13.0. The lowest BCUT2D eigenvalue weighted by atomic mass is 10.0. The standard InChI is InChI=1S/C22H22ClFN4O2S2/c1-14(16-4-8-18(24)9-5-16)12-25-19(29)10-11-20(30)26-21-27-28-22(32-21)31-13-15-2-6-17(23)7-3-15/h2-9,14H,10-13H2,1H3,(H,25,29)(H,26,27,30). The molecule has 0 aliphatic heterocycles. The third-order valence-corrected chi connectivity index (χ3v) is 6.85. The Morgan fingerprint density at radius 3 is 2.47 bits per heavy atom. The van der Waals surface area contributed by atoms with Crippen molar-refractivity contribution in [3.63, 3.8) is 0 Å². The Bertz CT molecular complexity index is 1040. The molecular weight excluding hydrogens is 471 g/mol. The fourth-order valence-electron chi connectivity index (χ4n) is 2.72. The van der Waals surface area contributed by atoms with Crippen LogP contribution >= 0.6 is 34.7 Å². The third kappa shape index (κ3) is 7.89. The monoisotopic (exact) mass is 492 g/mol. The minimum Gasteiger partial charge on any atom is -0.355 e. The van der Waals surface area contributed by atoms with Gasteiger partial charge in [-0.3, -0.25) is 9.59 Å². The summed E-state index contributed by atoms with van der Waals surface area (Å²) in [6.45, 7) is 2.36. The van der Waals surface area contributed by atoms with Gasteiger partial charge < -0.3 is 10.6 Å². The van der Waals surface area contributed by atoms with Crippen LogP contribution in [0.5, 0.6) is 0 Å². The van der Waals surface area contributed by atoms with Crippen molar-refractivity contribution in [2.45, 2.75) is 35.8 Å². The van der Waals surface area contributed by atoms with Crippen LogP contribution in [0.2, 0.25) is 5.02 Å². The van der Waals surface area contributed by atoms with Gasteiger partial charge in [-0.15, -0.1) is 10.2 Å². The van der Waals surface area contributed by atoms with E-state index in [1.807, 2.05) is 31.2 Å². The molecule has 1 aromatic heterocycles. The van der Waals surface area contributed by atoms with E-state index in [0.717, 1.165) is 21.2 Å². The second-order valence-electron chi connectivity index (χ2n) is 7.09. The number of thioether (sulfide) groups is 1. The molecule has 10 heteroatoms. The zero-order valence-electron chi connectivity index (χ0n) is 17.3. The topological polar surface area (TPSA) is 84.0 Å². The molecule has 3 rings (SSSR count).